The largest absolute Gasteiger partial charge is 0.369 e. The summed E-state index contributed by atoms with van der Waals surface area (Å²) in [6.45, 7) is 3.21. The molecule has 13 heavy (non-hydrogen) atoms. The fraction of sp³-hybridized carbons (Fsp3) is 0.500. The first-order valence-corrected chi connectivity index (χ1v) is 5.48. The molecule has 0 aromatic carbocycles. The van der Waals surface area contributed by atoms with Crippen molar-refractivity contribution in [3.63, 3.8) is 0 Å². The van der Waals surface area contributed by atoms with Crippen molar-refractivity contribution in [2.75, 3.05) is 11.9 Å². The van der Waals surface area contributed by atoms with Gasteiger partial charge in [0.05, 0.1) is 4.47 Å². The fourth-order valence-corrected chi connectivity index (χ4v) is 1.49. The van der Waals surface area contributed by atoms with Crippen molar-refractivity contribution < 1.29 is 0 Å². The maximum absolute atomic E-state index is 4.22. The molecule has 0 atom stereocenters. The molecule has 0 saturated carbocycles. The zero-order valence-electron chi connectivity index (χ0n) is 7.89. The molecule has 0 aliphatic heterocycles. The van der Waals surface area contributed by atoms with Gasteiger partial charge in [0.2, 0.25) is 0 Å². The van der Waals surface area contributed by atoms with Crippen molar-refractivity contribution in [1.29, 1.82) is 0 Å². The molecule has 3 heteroatoms. The number of nitrogens with one attached hydrogen (secondary N) is 1. The van der Waals surface area contributed by atoms with Crippen molar-refractivity contribution in [2.24, 2.45) is 0 Å². The van der Waals surface area contributed by atoms with Crippen molar-refractivity contribution in [1.82, 2.24) is 4.98 Å². The van der Waals surface area contributed by atoms with E-state index in [1.807, 2.05) is 12.1 Å². The molecule has 1 aromatic heterocycles. The summed E-state index contributed by atoms with van der Waals surface area (Å²) in [5, 5.41) is 3.29. The van der Waals surface area contributed by atoms with Crippen LogP contribution in [0.2, 0.25) is 0 Å². The summed E-state index contributed by atoms with van der Waals surface area (Å²) in [7, 11) is 0. The average molecular weight is 243 g/mol. The van der Waals surface area contributed by atoms with E-state index in [2.05, 4.69) is 33.2 Å². The van der Waals surface area contributed by atoms with Gasteiger partial charge in [-0.25, -0.2) is 4.98 Å². The highest BCUT2D eigenvalue weighted by Crippen LogP contribution is 2.17. The number of halogens is 1. The molecule has 2 nitrogen and oxygen atoms in total. The van der Waals surface area contributed by atoms with Crippen LogP contribution in [0.4, 0.5) is 5.82 Å². The van der Waals surface area contributed by atoms with E-state index in [-0.39, 0.29) is 0 Å². The number of anilines is 1. The number of rotatable bonds is 5. The summed E-state index contributed by atoms with van der Waals surface area (Å²) in [6.07, 6.45) is 5.54. The SMILES string of the molecule is CCCCCNc1ncccc1Br. The van der Waals surface area contributed by atoms with Crippen molar-refractivity contribution >= 4 is 21.7 Å². The molecular formula is C10H15BrN2. The summed E-state index contributed by atoms with van der Waals surface area (Å²) < 4.78 is 1.03. The smallest absolute Gasteiger partial charge is 0.140 e. The van der Waals surface area contributed by atoms with Crippen LogP contribution < -0.4 is 5.32 Å². The molecule has 0 saturated heterocycles. The molecule has 0 spiro atoms. The van der Waals surface area contributed by atoms with Crippen LogP contribution >= 0.6 is 15.9 Å². The van der Waals surface area contributed by atoms with Gasteiger partial charge in [-0.2, -0.15) is 0 Å². The Balaban J connectivity index is 2.32. The van der Waals surface area contributed by atoms with E-state index in [1.54, 1.807) is 6.20 Å². The third kappa shape index (κ3) is 3.77. The second-order valence-corrected chi connectivity index (χ2v) is 3.82. The lowest BCUT2D eigenvalue weighted by molar-refractivity contribution is 0.742. The van der Waals surface area contributed by atoms with Crippen LogP contribution in [0.3, 0.4) is 0 Å². The molecule has 0 aliphatic rings. The fourth-order valence-electron chi connectivity index (χ4n) is 1.10. The van der Waals surface area contributed by atoms with Gasteiger partial charge in [0, 0.05) is 12.7 Å². The van der Waals surface area contributed by atoms with E-state index in [4.69, 9.17) is 0 Å². The van der Waals surface area contributed by atoms with Gasteiger partial charge in [-0.1, -0.05) is 19.8 Å². The average Bonchev–Trinajstić information content (AvgIpc) is 2.15. The first-order valence-electron chi connectivity index (χ1n) is 4.69. The van der Waals surface area contributed by atoms with Gasteiger partial charge >= 0.3 is 0 Å². The minimum Gasteiger partial charge on any atom is -0.369 e. The lowest BCUT2D eigenvalue weighted by Gasteiger charge is -2.05. The molecule has 0 unspecified atom stereocenters. The Bertz CT molecular complexity index is 250. The van der Waals surface area contributed by atoms with Crippen LogP contribution in [0.15, 0.2) is 22.8 Å². The highest BCUT2D eigenvalue weighted by atomic mass is 79.9. The van der Waals surface area contributed by atoms with E-state index >= 15 is 0 Å². The maximum Gasteiger partial charge on any atom is 0.140 e. The normalized spacial score (nSPS) is 10.0. The molecule has 1 rings (SSSR count). The molecule has 0 radical (unpaired) electrons. The Morgan fingerprint density at radius 3 is 3.00 bits per heavy atom. The monoisotopic (exact) mass is 242 g/mol. The van der Waals surface area contributed by atoms with Crippen LogP contribution in [0.1, 0.15) is 26.2 Å². The van der Waals surface area contributed by atoms with E-state index in [9.17, 15) is 0 Å². The summed E-state index contributed by atoms with van der Waals surface area (Å²) >= 11 is 3.44. The lowest BCUT2D eigenvalue weighted by Crippen LogP contribution is -2.03. The molecule has 1 heterocycles. The number of aromatic nitrogens is 1. The predicted octanol–water partition coefficient (Wildman–Crippen LogP) is 3.45. The van der Waals surface area contributed by atoms with Gasteiger partial charge in [0.25, 0.3) is 0 Å². The molecular weight excluding hydrogens is 228 g/mol. The quantitative estimate of drug-likeness (QED) is 0.801. The molecule has 72 valence electrons. The summed E-state index contributed by atoms with van der Waals surface area (Å²) in [5.74, 6) is 0.943. The van der Waals surface area contributed by atoms with Gasteiger partial charge in [0.1, 0.15) is 5.82 Å². The Morgan fingerprint density at radius 1 is 1.46 bits per heavy atom. The standard InChI is InChI=1S/C10H15BrN2/c1-2-3-4-7-12-10-9(11)6-5-8-13-10/h5-6,8H,2-4,7H2,1H3,(H,12,13). The van der Waals surface area contributed by atoms with E-state index < -0.39 is 0 Å². The Hall–Kier alpha value is -0.570. The highest BCUT2D eigenvalue weighted by Gasteiger charge is 1.97. The number of nitrogens with zero attached hydrogens (tertiary/aromatic N) is 1. The molecule has 1 N–H and O–H groups in total. The van der Waals surface area contributed by atoms with Crippen molar-refractivity contribution in [3.8, 4) is 0 Å². The third-order valence-electron chi connectivity index (χ3n) is 1.83. The zero-order valence-corrected chi connectivity index (χ0v) is 9.47. The van der Waals surface area contributed by atoms with Gasteiger partial charge < -0.3 is 5.32 Å². The molecule has 0 bridgehead atoms. The number of hydrogen-bond acceptors (Lipinski definition) is 2. The van der Waals surface area contributed by atoms with Gasteiger partial charge in [-0.15, -0.1) is 0 Å². The first kappa shape index (κ1) is 10.5. The molecule has 0 fully saturated rings. The summed E-state index contributed by atoms with van der Waals surface area (Å²) in [5.41, 5.74) is 0. The third-order valence-corrected chi connectivity index (χ3v) is 2.47. The van der Waals surface area contributed by atoms with E-state index in [1.165, 1.54) is 19.3 Å². The van der Waals surface area contributed by atoms with E-state index in [0.29, 0.717) is 0 Å². The zero-order chi connectivity index (χ0) is 9.52. The first-order chi connectivity index (χ1) is 6.34. The van der Waals surface area contributed by atoms with Crippen molar-refractivity contribution in [2.45, 2.75) is 26.2 Å². The minimum atomic E-state index is 0.943. The molecule has 1 aromatic rings. The van der Waals surface area contributed by atoms with E-state index in [0.717, 1.165) is 16.8 Å². The molecule has 0 aliphatic carbocycles. The van der Waals surface area contributed by atoms with Crippen LogP contribution in [0, 0.1) is 0 Å². The topological polar surface area (TPSA) is 24.9 Å². The Kier molecular flexibility index (Phi) is 4.83. The van der Waals surface area contributed by atoms with Crippen LogP contribution in [0.25, 0.3) is 0 Å². The van der Waals surface area contributed by atoms with Crippen molar-refractivity contribution in [3.05, 3.63) is 22.8 Å². The number of hydrogen-bond donors (Lipinski definition) is 1. The lowest BCUT2D eigenvalue weighted by atomic mass is 10.2. The summed E-state index contributed by atoms with van der Waals surface area (Å²) in [4.78, 5) is 4.22. The number of unbranched alkanes of at least 4 members (excludes halogenated alkanes) is 2. The Morgan fingerprint density at radius 2 is 2.31 bits per heavy atom. The summed E-state index contributed by atoms with van der Waals surface area (Å²) in [6, 6.07) is 3.91. The van der Waals surface area contributed by atoms with Crippen LogP contribution in [-0.2, 0) is 0 Å². The van der Waals surface area contributed by atoms with Gasteiger partial charge in [-0.05, 0) is 34.5 Å². The molecule has 0 amide bonds. The highest BCUT2D eigenvalue weighted by molar-refractivity contribution is 9.10. The maximum atomic E-state index is 4.22. The van der Waals surface area contributed by atoms with Gasteiger partial charge in [-0.3, -0.25) is 0 Å². The minimum absolute atomic E-state index is 0.943. The predicted molar refractivity (Wildman–Crippen MR) is 60.0 cm³/mol. The van der Waals surface area contributed by atoms with Crippen LogP contribution in [-0.4, -0.2) is 11.5 Å². The second-order valence-electron chi connectivity index (χ2n) is 2.97. The van der Waals surface area contributed by atoms with Gasteiger partial charge in [0.15, 0.2) is 0 Å². The second kappa shape index (κ2) is 5.97. The Labute approximate surface area is 87.9 Å². The van der Waals surface area contributed by atoms with Crippen LogP contribution in [0.5, 0.6) is 0 Å². The number of pyridine rings is 1.